The van der Waals surface area contributed by atoms with Gasteiger partial charge in [-0.1, -0.05) is 0 Å². The lowest BCUT2D eigenvalue weighted by Gasteiger charge is -2.44. The van der Waals surface area contributed by atoms with E-state index in [2.05, 4.69) is 17.3 Å². The Morgan fingerprint density at radius 3 is 2.82 bits per heavy atom. The number of nitrogens with zero attached hydrogens (tertiary/aromatic N) is 1. The molecule has 3 rings (SSSR count). The van der Waals surface area contributed by atoms with E-state index < -0.39 is 11.8 Å². The number of alkyl halides is 2. The van der Waals surface area contributed by atoms with E-state index in [0.29, 0.717) is 0 Å². The fourth-order valence-corrected chi connectivity index (χ4v) is 4.23. The Hall–Kier alpha value is -0.220. The van der Waals surface area contributed by atoms with Gasteiger partial charge in [0.15, 0.2) is 0 Å². The van der Waals surface area contributed by atoms with Crippen LogP contribution in [0.3, 0.4) is 0 Å². The molecule has 2 bridgehead atoms. The molecule has 17 heavy (non-hydrogen) atoms. The Morgan fingerprint density at radius 2 is 2.06 bits per heavy atom. The molecule has 0 aromatic heterocycles. The molecular formula is C13H22F2N2. The van der Waals surface area contributed by atoms with Crippen LogP contribution in [0.4, 0.5) is 8.78 Å². The number of piperidine rings is 2. The fourth-order valence-electron chi connectivity index (χ4n) is 4.23. The van der Waals surface area contributed by atoms with E-state index in [4.69, 9.17) is 0 Å². The Morgan fingerprint density at radius 1 is 1.24 bits per heavy atom. The van der Waals surface area contributed by atoms with Crippen molar-refractivity contribution >= 4 is 0 Å². The van der Waals surface area contributed by atoms with Crippen molar-refractivity contribution in [3.63, 3.8) is 0 Å². The average Bonchev–Trinajstić information content (AvgIpc) is 2.60. The number of rotatable bonds is 1. The van der Waals surface area contributed by atoms with Crippen molar-refractivity contribution in [3.8, 4) is 0 Å². The van der Waals surface area contributed by atoms with Gasteiger partial charge in [0.25, 0.3) is 5.92 Å². The van der Waals surface area contributed by atoms with Crippen LogP contribution in [0.5, 0.6) is 0 Å². The SMILES string of the molecule is CN1CCCC(C2C3CCC(CC2(F)F)N3)C1. The molecule has 2 nitrogen and oxygen atoms in total. The highest BCUT2D eigenvalue weighted by Crippen LogP contribution is 2.47. The summed E-state index contributed by atoms with van der Waals surface area (Å²) in [4.78, 5) is 2.21. The first-order valence-corrected chi connectivity index (χ1v) is 6.89. The van der Waals surface area contributed by atoms with E-state index in [1.807, 2.05) is 0 Å². The monoisotopic (exact) mass is 244 g/mol. The average molecular weight is 244 g/mol. The van der Waals surface area contributed by atoms with Crippen molar-refractivity contribution < 1.29 is 8.78 Å². The summed E-state index contributed by atoms with van der Waals surface area (Å²) in [6.45, 7) is 1.92. The maximum atomic E-state index is 14.3. The lowest BCUT2D eigenvalue weighted by Crippen LogP contribution is -2.56. The van der Waals surface area contributed by atoms with Crippen LogP contribution in [0.25, 0.3) is 0 Å². The van der Waals surface area contributed by atoms with Gasteiger partial charge in [0.1, 0.15) is 0 Å². The number of fused-ring (bicyclic) bond motifs is 2. The second kappa shape index (κ2) is 4.16. The van der Waals surface area contributed by atoms with Gasteiger partial charge in [0.2, 0.25) is 0 Å². The molecule has 1 N–H and O–H groups in total. The normalized spacial score (nSPS) is 46.1. The van der Waals surface area contributed by atoms with Gasteiger partial charge >= 0.3 is 0 Å². The van der Waals surface area contributed by atoms with Crippen LogP contribution >= 0.6 is 0 Å². The third kappa shape index (κ3) is 2.10. The van der Waals surface area contributed by atoms with E-state index in [9.17, 15) is 8.78 Å². The minimum atomic E-state index is -2.44. The Bertz CT molecular complexity index is 295. The number of nitrogens with one attached hydrogen (secondary N) is 1. The van der Waals surface area contributed by atoms with E-state index >= 15 is 0 Å². The molecule has 4 unspecified atom stereocenters. The molecule has 3 aliphatic heterocycles. The maximum Gasteiger partial charge on any atom is 0.254 e. The summed E-state index contributed by atoms with van der Waals surface area (Å²) in [5.74, 6) is -2.69. The summed E-state index contributed by atoms with van der Waals surface area (Å²) >= 11 is 0. The van der Waals surface area contributed by atoms with E-state index in [1.54, 1.807) is 0 Å². The molecule has 0 aromatic rings. The second-order valence-electron chi connectivity index (χ2n) is 6.20. The largest absolute Gasteiger partial charge is 0.310 e. The van der Waals surface area contributed by atoms with Crippen LogP contribution in [0.2, 0.25) is 0 Å². The van der Waals surface area contributed by atoms with Crippen LogP contribution < -0.4 is 5.32 Å². The summed E-state index contributed by atoms with van der Waals surface area (Å²) < 4.78 is 28.5. The van der Waals surface area contributed by atoms with E-state index in [-0.39, 0.29) is 24.4 Å². The smallest absolute Gasteiger partial charge is 0.254 e. The first-order valence-electron chi connectivity index (χ1n) is 6.89. The molecule has 3 saturated heterocycles. The van der Waals surface area contributed by atoms with Crippen LogP contribution in [0.1, 0.15) is 32.1 Å². The molecule has 0 spiro atoms. The van der Waals surface area contributed by atoms with Crippen molar-refractivity contribution in [1.29, 1.82) is 0 Å². The molecule has 98 valence electrons. The Labute approximate surface area is 102 Å². The fraction of sp³-hybridized carbons (Fsp3) is 1.00. The highest BCUT2D eigenvalue weighted by Gasteiger charge is 2.55. The molecule has 0 amide bonds. The lowest BCUT2D eigenvalue weighted by atomic mass is 9.75. The molecule has 0 aliphatic carbocycles. The predicted octanol–water partition coefficient (Wildman–Crippen LogP) is 2.10. The third-order valence-corrected chi connectivity index (χ3v) is 4.88. The molecule has 4 atom stereocenters. The molecule has 0 radical (unpaired) electrons. The van der Waals surface area contributed by atoms with Gasteiger partial charge in [-0.25, -0.2) is 8.78 Å². The van der Waals surface area contributed by atoms with Gasteiger partial charge in [-0.05, 0) is 45.2 Å². The molecular weight excluding hydrogens is 222 g/mol. The summed E-state index contributed by atoms with van der Waals surface area (Å²) in [7, 11) is 2.05. The maximum absolute atomic E-state index is 14.3. The summed E-state index contributed by atoms with van der Waals surface area (Å²) in [6, 6.07) is 0.146. The molecule has 0 aromatic carbocycles. The Balaban J connectivity index is 1.79. The number of likely N-dealkylation sites (tertiary alicyclic amines) is 1. The second-order valence-corrected chi connectivity index (χ2v) is 6.20. The molecule has 4 heteroatoms. The van der Waals surface area contributed by atoms with Gasteiger partial charge in [0.05, 0.1) is 0 Å². The zero-order chi connectivity index (χ0) is 12.0. The van der Waals surface area contributed by atoms with Gasteiger partial charge in [-0.15, -0.1) is 0 Å². The predicted molar refractivity (Wildman–Crippen MR) is 63.2 cm³/mol. The number of halogens is 2. The summed E-state index contributed by atoms with van der Waals surface area (Å²) in [5, 5.41) is 3.41. The highest BCUT2D eigenvalue weighted by molar-refractivity contribution is 5.04. The van der Waals surface area contributed by atoms with Crippen molar-refractivity contribution in [2.45, 2.75) is 50.1 Å². The van der Waals surface area contributed by atoms with Crippen molar-refractivity contribution in [2.75, 3.05) is 20.1 Å². The number of hydrogen-bond acceptors (Lipinski definition) is 2. The van der Waals surface area contributed by atoms with Crippen molar-refractivity contribution in [3.05, 3.63) is 0 Å². The Kier molecular flexibility index (Phi) is 2.90. The third-order valence-electron chi connectivity index (χ3n) is 4.88. The quantitative estimate of drug-likeness (QED) is 0.760. The highest BCUT2D eigenvalue weighted by atomic mass is 19.3. The van der Waals surface area contributed by atoms with Gasteiger partial charge < -0.3 is 10.2 Å². The molecule has 3 heterocycles. The first-order chi connectivity index (χ1) is 8.06. The number of hydrogen-bond donors (Lipinski definition) is 1. The van der Waals surface area contributed by atoms with Gasteiger partial charge in [0, 0.05) is 31.0 Å². The van der Waals surface area contributed by atoms with Gasteiger partial charge in [-0.3, -0.25) is 0 Å². The van der Waals surface area contributed by atoms with Crippen LogP contribution in [-0.4, -0.2) is 43.0 Å². The van der Waals surface area contributed by atoms with Gasteiger partial charge in [-0.2, -0.15) is 0 Å². The van der Waals surface area contributed by atoms with Crippen LogP contribution in [0.15, 0.2) is 0 Å². The standard InChI is InChI=1S/C13H22F2N2/c1-17-6-2-3-9(8-17)12-11-5-4-10(16-11)7-13(12,14)15/h9-12,16H,2-8H2,1H3. The topological polar surface area (TPSA) is 15.3 Å². The zero-order valence-electron chi connectivity index (χ0n) is 10.5. The summed E-state index contributed by atoms with van der Waals surface area (Å²) in [5.41, 5.74) is 0. The van der Waals surface area contributed by atoms with Crippen molar-refractivity contribution in [1.82, 2.24) is 10.2 Å². The summed E-state index contributed by atoms with van der Waals surface area (Å²) in [6.07, 6.45) is 4.01. The van der Waals surface area contributed by atoms with E-state index in [1.165, 1.54) is 0 Å². The van der Waals surface area contributed by atoms with E-state index in [0.717, 1.165) is 38.8 Å². The molecule has 3 aliphatic rings. The molecule has 0 saturated carbocycles. The van der Waals surface area contributed by atoms with Crippen LogP contribution in [0, 0.1) is 11.8 Å². The van der Waals surface area contributed by atoms with Crippen LogP contribution in [-0.2, 0) is 0 Å². The van der Waals surface area contributed by atoms with Crippen molar-refractivity contribution in [2.24, 2.45) is 11.8 Å². The minimum Gasteiger partial charge on any atom is -0.310 e. The minimum absolute atomic E-state index is 0.0639. The first kappa shape index (κ1) is 11.8. The molecule has 3 fully saturated rings. The zero-order valence-corrected chi connectivity index (χ0v) is 10.5. The lowest BCUT2D eigenvalue weighted by molar-refractivity contribution is -0.124.